The van der Waals surface area contributed by atoms with Crippen molar-refractivity contribution < 1.29 is 46.8 Å². The largest absolute Gasteiger partial charge is 0.466 e. The first kappa shape index (κ1) is 27.9. The molecule has 12 heteroatoms. The van der Waals surface area contributed by atoms with Crippen LogP contribution in [0.2, 0.25) is 0 Å². The molecule has 0 bridgehead atoms. The van der Waals surface area contributed by atoms with Gasteiger partial charge in [-0.2, -0.15) is 0 Å². The molecule has 10 nitrogen and oxygen atoms in total. The number of carbonyl (C=O) groups is 3. The third-order valence-electron chi connectivity index (χ3n) is 5.14. The lowest BCUT2D eigenvalue weighted by atomic mass is 9.78. The number of carbonyl (C=O) groups excluding carboxylic acids is 3. The first-order chi connectivity index (χ1) is 16.6. The lowest BCUT2D eigenvalue weighted by molar-refractivity contribution is -0.142. The van der Waals surface area contributed by atoms with Crippen molar-refractivity contribution in [3.05, 3.63) is 51.9 Å². The van der Waals surface area contributed by atoms with Gasteiger partial charge in [0.2, 0.25) is 0 Å². The van der Waals surface area contributed by atoms with Crippen LogP contribution in [0.4, 0.5) is 8.78 Å². The zero-order valence-electron chi connectivity index (χ0n) is 20.3. The quantitative estimate of drug-likeness (QED) is 0.292. The Kier molecular flexibility index (Phi) is 9.84. The van der Waals surface area contributed by atoms with Gasteiger partial charge in [-0.15, -0.1) is 0 Å². The summed E-state index contributed by atoms with van der Waals surface area (Å²) in [7, 11) is 3.69. The van der Waals surface area contributed by atoms with Gasteiger partial charge in [0, 0.05) is 32.9 Å². The number of hydrogen-bond donors (Lipinski definition) is 1. The van der Waals surface area contributed by atoms with E-state index in [0.29, 0.717) is 0 Å². The van der Waals surface area contributed by atoms with Crippen LogP contribution in [-0.2, 0) is 38.1 Å². The fourth-order valence-corrected chi connectivity index (χ4v) is 3.79. The third kappa shape index (κ3) is 6.01. The molecule has 0 radical (unpaired) electrons. The van der Waals surface area contributed by atoms with Crippen LogP contribution in [0.25, 0.3) is 0 Å². The van der Waals surface area contributed by atoms with Crippen molar-refractivity contribution in [3.8, 4) is 0 Å². The average molecular weight is 498 g/mol. The van der Waals surface area contributed by atoms with Crippen molar-refractivity contribution in [2.45, 2.75) is 39.2 Å². The molecule has 0 aromatic carbocycles. The maximum absolute atomic E-state index is 14.8. The summed E-state index contributed by atoms with van der Waals surface area (Å²) in [4.78, 5) is 41.6. The zero-order chi connectivity index (χ0) is 26.3. The summed E-state index contributed by atoms with van der Waals surface area (Å²) in [6, 6.07) is 0. The van der Waals surface area contributed by atoms with E-state index in [0.717, 1.165) is 33.4 Å². The Morgan fingerprint density at radius 1 is 1.09 bits per heavy atom. The molecule has 2 atom stereocenters. The average Bonchev–Trinajstić information content (AvgIpc) is 2.82. The standard InChI is InChI=1S/C23H28F2N2O8/c1-7-34-22(30)18-15(10-35-12(3)28)27-20(23(32-5)33-6)19(21(29)31-4)17(18)13-8-26-9-14(25)16(13)11(2)24/h8-9,11,17,23,27H,7,10H2,1-6H3. The van der Waals surface area contributed by atoms with Gasteiger partial charge in [0.25, 0.3) is 0 Å². The summed E-state index contributed by atoms with van der Waals surface area (Å²) >= 11 is 0. The molecule has 2 unspecified atom stereocenters. The van der Waals surface area contributed by atoms with Crippen LogP contribution in [0.1, 0.15) is 44.0 Å². The van der Waals surface area contributed by atoms with Crippen LogP contribution in [0.15, 0.2) is 34.9 Å². The molecule has 1 aliphatic heterocycles. The molecule has 2 rings (SSSR count). The molecule has 1 aromatic heterocycles. The number of methoxy groups -OCH3 is 3. The number of nitrogens with zero attached hydrogens (tertiary/aromatic N) is 1. The molecule has 0 saturated carbocycles. The van der Waals surface area contributed by atoms with Gasteiger partial charge in [0.05, 0.1) is 48.4 Å². The second-order valence-corrected chi connectivity index (χ2v) is 7.31. The molecule has 192 valence electrons. The topological polar surface area (TPSA) is 122 Å². The number of halogens is 2. The SMILES string of the molecule is CCOC(=O)C1=C(COC(C)=O)NC(C(OC)OC)=C(C(=O)OC)C1c1cncc(F)c1C(C)F. The highest BCUT2D eigenvalue weighted by atomic mass is 19.1. The molecule has 0 amide bonds. The molecule has 35 heavy (non-hydrogen) atoms. The van der Waals surface area contributed by atoms with Crippen LogP contribution in [0.5, 0.6) is 0 Å². The lowest BCUT2D eigenvalue weighted by Gasteiger charge is -2.34. The predicted molar refractivity (Wildman–Crippen MR) is 117 cm³/mol. The number of alkyl halides is 1. The monoisotopic (exact) mass is 498 g/mol. The fourth-order valence-electron chi connectivity index (χ4n) is 3.79. The highest BCUT2D eigenvalue weighted by molar-refractivity contribution is 6.00. The number of nitrogens with one attached hydrogen (secondary N) is 1. The van der Waals surface area contributed by atoms with E-state index < -0.39 is 54.3 Å². The maximum Gasteiger partial charge on any atom is 0.336 e. The molecular formula is C23H28F2N2O8. The number of dihydropyridines is 1. The summed E-state index contributed by atoms with van der Waals surface area (Å²) in [6.07, 6.45) is -1.08. The third-order valence-corrected chi connectivity index (χ3v) is 5.14. The highest BCUT2D eigenvalue weighted by Gasteiger charge is 2.44. The molecule has 1 aliphatic rings. The Morgan fingerprint density at radius 3 is 2.26 bits per heavy atom. The molecule has 0 fully saturated rings. The van der Waals surface area contributed by atoms with Crippen molar-refractivity contribution in [1.82, 2.24) is 10.3 Å². The van der Waals surface area contributed by atoms with Crippen LogP contribution >= 0.6 is 0 Å². The van der Waals surface area contributed by atoms with E-state index in [1.54, 1.807) is 6.92 Å². The van der Waals surface area contributed by atoms with Gasteiger partial charge in [-0.25, -0.2) is 18.4 Å². The zero-order valence-corrected chi connectivity index (χ0v) is 20.3. The number of rotatable bonds is 10. The van der Waals surface area contributed by atoms with Crippen molar-refractivity contribution in [2.24, 2.45) is 0 Å². The Balaban J connectivity index is 3.01. The number of esters is 3. The Labute approximate surface area is 201 Å². The van der Waals surface area contributed by atoms with E-state index in [-0.39, 0.29) is 34.7 Å². The van der Waals surface area contributed by atoms with E-state index in [1.807, 2.05) is 0 Å². The smallest absolute Gasteiger partial charge is 0.336 e. The van der Waals surface area contributed by atoms with Gasteiger partial charge >= 0.3 is 17.9 Å². The number of hydrogen-bond acceptors (Lipinski definition) is 10. The van der Waals surface area contributed by atoms with Gasteiger partial charge in [-0.05, 0) is 19.4 Å². The molecule has 0 saturated heterocycles. The highest BCUT2D eigenvalue weighted by Crippen LogP contribution is 2.43. The Morgan fingerprint density at radius 2 is 1.74 bits per heavy atom. The maximum atomic E-state index is 14.8. The summed E-state index contributed by atoms with van der Waals surface area (Å²) in [5.74, 6) is -4.94. The van der Waals surface area contributed by atoms with E-state index in [4.69, 9.17) is 23.7 Å². The number of ether oxygens (including phenoxy) is 5. The van der Waals surface area contributed by atoms with E-state index in [2.05, 4.69) is 10.3 Å². The number of aromatic nitrogens is 1. The molecule has 1 aromatic rings. The minimum atomic E-state index is -1.84. The van der Waals surface area contributed by atoms with Crippen molar-refractivity contribution >= 4 is 17.9 Å². The second kappa shape index (κ2) is 12.4. The first-order valence-electron chi connectivity index (χ1n) is 10.6. The van der Waals surface area contributed by atoms with E-state index in [1.165, 1.54) is 14.2 Å². The first-order valence-corrected chi connectivity index (χ1v) is 10.6. The second-order valence-electron chi connectivity index (χ2n) is 7.31. The van der Waals surface area contributed by atoms with Gasteiger partial charge in [-0.1, -0.05) is 0 Å². The van der Waals surface area contributed by atoms with Gasteiger partial charge in [0.1, 0.15) is 18.6 Å². The normalized spacial score (nSPS) is 16.7. The van der Waals surface area contributed by atoms with Gasteiger partial charge in [-0.3, -0.25) is 9.78 Å². The van der Waals surface area contributed by atoms with E-state index in [9.17, 15) is 23.2 Å². The van der Waals surface area contributed by atoms with Crippen LogP contribution in [0.3, 0.4) is 0 Å². The number of pyridine rings is 1. The van der Waals surface area contributed by atoms with Crippen LogP contribution in [0, 0.1) is 5.82 Å². The predicted octanol–water partition coefficient (Wildman–Crippen LogP) is 2.36. The van der Waals surface area contributed by atoms with E-state index >= 15 is 0 Å². The summed E-state index contributed by atoms with van der Waals surface area (Å²) in [5.41, 5.74) is -1.04. The molecular weight excluding hydrogens is 470 g/mol. The molecule has 1 N–H and O–H groups in total. The minimum absolute atomic E-state index is 0.00729. The van der Waals surface area contributed by atoms with Crippen LogP contribution < -0.4 is 5.32 Å². The van der Waals surface area contributed by atoms with Crippen molar-refractivity contribution in [3.63, 3.8) is 0 Å². The molecule has 0 aliphatic carbocycles. The molecule has 0 spiro atoms. The summed E-state index contributed by atoms with van der Waals surface area (Å²) < 4.78 is 55.3. The molecule has 2 heterocycles. The van der Waals surface area contributed by atoms with Gasteiger partial charge in [0.15, 0.2) is 6.29 Å². The van der Waals surface area contributed by atoms with Gasteiger partial charge < -0.3 is 29.0 Å². The fraction of sp³-hybridized carbons (Fsp3) is 0.478. The Bertz CT molecular complexity index is 1030. The minimum Gasteiger partial charge on any atom is -0.466 e. The van der Waals surface area contributed by atoms with Crippen molar-refractivity contribution in [2.75, 3.05) is 34.5 Å². The Hall–Kier alpha value is -3.38. The van der Waals surface area contributed by atoms with Crippen molar-refractivity contribution in [1.29, 1.82) is 0 Å². The summed E-state index contributed by atoms with van der Waals surface area (Å²) in [5, 5.41) is 2.85. The lowest BCUT2D eigenvalue weighted by Crippen LogP contribution is -2.40. The van der Waals surface area contributed by atoms with Crippen LogP contribution in [-0.4, -0.2) is 63.7 Å². The summed E-state index contributed by atoms with van der Waals surface area (Å²) in [6.45, 7) is 3.32.